The topological polar surface area (TPSA) is 62.2 Å². The Kier molecular flexibility index (Phi) is 8.41. The molecule has 4 saturated carbocycles. The number of nitrogens with zero attached hydrogens (tertiary/aromatic N) is 1. The van der Waals surface area contributed by atoms with Crippen LogP contribution in [0, 0.1) is 51.2 Å². The number of carboxylic acid groups (broad SMARTS) is 1. The summed E-state index contributed by atoms with van der Waals surface area (Å²) in [6.07, 6.45) is 20.3. The number of benzene rings is 1. The number of carbonyl (C=O) groups is 1. The lowest BCUT2D eigenvalue weighted by atomic mass is 9.33. The van der Waals surface area contributed by atoms with E-state index in [-0.39, 0.29) is 16.4 Å². The Morgan fingerprint density at radius 3 is 2.31 bits per heavy atom. The zero-order valence-corrected chi connectivity index (χ0v) is 30.6. The molecular weight excluding hydrogens is 588 g/mol. The molecule has 0 amide bonds. The Bertz CT molecular complexity index is 1580. The fraction of sp³-hybridized carbons (Fsp3) is 0.636. The minimum absolute atomic E-state index is 0.0369. The van der Waals surface area contributed by atoms with Crippen molar-refractivity contribution in [3.05, 3.63) is 83.7 Å². The fourth-order valence-corrected chi connectivity index (χ4v) is 13.5. The van der Waals surface area contributed by atoms with Crippen LogP contribution in [-0.4, -0.2) is 28.1 Å². The molecule has 1 aromatic carbocycles. The molecule has 0 unspecified atom stereocenters. The number of allylic oxidation sites excluding steroid dienone is 3. The highest BCUT2D eigenvalue weighted by Gasteiger charge is 2.70. The zero-order chi connectivity index (χ0) is 34.1. The van der Waals surface area contributed by atoms with Gasteiger partial charge in [-0.1, -0.05) is 65.0 Å². The molecule has 0 saturated heterocycles. The predicted molar refractivity (Wildman–Crippen MR) is 197 cm³/mol. The fourth-order valence-electron chi connectivity index (χ4n) is 13.5. The number of aryl methyl sites for hydroxylation is 1. The summed E-state index contributed by atoms with van der Waals surface area (Å²) in [7, 11) is 0. The van der Waals surface area contributed by atoms with Gasteiger partial charge in [-0.25, -0.2) is 4.79 Å². The molecule has 0 bridgehead atoms. The monoisotopic (exact) mass is 648 g/mol. The van der Waals surface area contributed by atoms with Gasteiger partial charge in [-0.05, 0) is 176 Å². The van der Waals surface area contributed by atoms with Crippen LogP contribution in [0.2, 0.25) is 0 Å². The summed E-state index contributed by atoms with van der Waals surface area (Å²) in [5.41, 5.74) is 6.97. The second kappa shape index (κ2) is 12.0. The minimum atomic E-state index is -0.856. The van der Waals surface area contributed by atoms with Crippen LogP contribution in [0.4, 0.5) is 0 Å². The maximum atomic E-state index is 11.5. The van der Waals surface area contributed by atoms with Crippen LogP contribution >= 0.6 is 0 Å². The van der Waals surface area contributed by atoms with Crippen molar-refractivity contribution in [3.8, 4) is 0 Å². The van der Waals surface area contributed by atoms with Crippen molar-refractivity contribution in [2.45, 2.75) is 118 Å². The third-order valence-corrected chi connectivity index (χ3v) is 16.0. The van der Waals surface area contributed by atoms with Gasteiger partial charge in [0.2, 0.25) is 0 Å². The second-order valence-corrected chi connectivity index (χ2v) is 18.2. The maximum absolute atomic E-state index is 11.5. The summed E-state index contributed by atoms with van der Waals surface area (Å²) < 4.78 is 0. The second-order valence-electron chi connectivity index (χ2n) is 18.2. The molecule has 5 aliphatic rings. The number of nitrogens with one attached hydrogen (secondary N) is 1. The van der Waals surface area contributed by atoms with Gasteiger partial charge in [0.1, 0.15) is 0 Å². The molecule has 5 aliphatic carbocycles. The van der Waals surface area contributed by atoms with Crippen LogP contribution in [-0.2, 0) is 6.42 Å². The first-order valence-corrected chi connectivity index (χ1v) is 19.1. The van der Waals surface area contributed by atoms with E-state index in [2.05, 4.69) is 76.6 Å². The lowest BCUT2D eigenvalue weighted by molar-refractivity contribution is -0.219. The van der Waals surface area contributed by atoms with Crippen LogP contribution in [0.25, 0.3) is 5.57 Å². The third kappa shape index (κ3) is 5.01. The Hall–Kier alpha value is -2.72. The highest BCUT2D eigenvalue weighted by atomic mass is 16.4. The molecular formula is C44H60N2O2. The molecule has 4 nitrogen and oxygen atoms in total. The lowest BCUT2D eigenvalue weighted by Crippen LogP contribution is -2.68. The number of fused-ring (bicyclic) bond motifs is 7. The molecule has 2 N–H and O–H groups in total. The highest BCUT2D eigenvalue weighted by molar-refractivity contribution is 5.88. The highest BCUT2D eigenvalue weighted by Crippen LogP contribution is 2.76. The van der Waals surface area contributed by atoms with Crippen molar-refractivity contribution in [2.75, 3.05) is 6.54 Å². The zero-order valence-electron chi connectivity index (χ0n) is 30.6. The Balaban J connectivity index is 1.16. The van der Waals surface area contributed by atoms with Crippen molar-refractivity contribution >= 4 is 11.5 Å². The molecule has 0 radical (unpaired) electrons. The van der Waals surface area contributed by atoms with Gasteiger partial charge in [0.15, 0.2) is 0 Å². The summed E-state index contributed by atoms with van der Waals surface area (Å²) in [5.74, 6) is 2.51. The van der Waals surface area contributed by atoms with Crippen LogP contribution in [0.1, 0.15) is 127 Å². The Labute approximate surface area is 290 Å². The maximum Gasteiger partial charge on any atom is 0.335 e. The number of hydrogen-bond acceptors (Lipinski definition) is 3. The van der Waals surface area contributed by atoms with Gasteiger partial charge in [0, 0.05) is 17.9 Å². The van der Waals surface area contributed by atoms with Gasteiger partial charge in [0.25, 0.3) is 0 Å². The quantitative estimate of drug-likeness (QED) is 0.221. The van der Waals surface area contributed by atoms with Crippen molar-refractivity contribution < 1.29 is 9.90 Å². The molecule has 0 spiro atoms. The molecule has 2 aromatic rings. The number of aromatic nitrogens is 1. The summed E-state index contributed by atoms with van der Waals surface area (Å²) in [6, 6.07) is 12.0. The Morgan fingerprint density at radius 1 is 0.896 bits per heavy atom. The summed E-state index contributed by atoms with van der Waals surface area (Å²) in [6.45, 7) is 21.1. The number of hydrogen-bond donors (Lipinski definition) is 2. The van der Waals surface area contributed by atoms with Gasteiger partial charge < -0.3 is 10.4 Å². The predicted octanol–water partition coefficient (Wildman–Crippen LogP) is 10.4. The number of aromatic carboxylic acids is 1. The van der Waals surface area contributed by atoms with E-state index in [9.17, 15) is 9.90 Å². The first-order valence-electron chi connectivity index (χ1n) is 19.1. The third-order valence-electron chi connectivity index (χ3n) is 16.0. The number of pyridine rings is 1. The normalized spacial score (nSPS) is 39.7. The molecule has 0 aliphatic heterocycles. The van der Waals surface area contributed by atoms with E-state index in [0.29, 0.717) is 40.1 Å². The van der Waals surface area contributed by atoms with E-state index >= 15 is 0 Å². The van der Waals surface area contributed by atoms with Crippen LogP contribution in [0.15, 0.2) is 67.0 Å². The average Bonchev–Trinajstić information content (AvgIpc) is 3.44. The smallest absolute Gasteiger partial charge is 0.335 e. The molecule has 4 fully saturated rings. The van der Waals surface area contributed by atoms with Crippen LogP contribution < -0.4 is 5.32 Å². The van der Waals surface area contributed by atoms with Crippen molar-refractivity contribution in [1.29, 1.82) is 0 Å². The molecule has 9 atom stereocenters. The Morgan fingerprint density at radius 2 is 1.62 bits per heavy atom. The van der Waals surface area contributed by atoms with Crippen molar-refractivity contribution in [2.24, 2.45) is 51.2 Å². The van der Waals surface area contributed by atoms with E-state index in [4.69, 9.17) is 0 Å². The van der Waals surface area contributed by atoms with Crippen LogP contribution in [0.5, 0.6) is 0 Å². The molecule has 7 rings (SSSR count). The minimum Gasteiger partial charge on any atom is -0.478 e. The molecule has 1 aromatic heterocycles. The van der Waals surface area contributed by atoms with E-state index in [1.807, 2.05) is 24.5 Å². The van der Waals surface area contributed by atoms with E-state index < -0.39 is 5.97 Å². The van der Waals surface area contributed by atoms with Gasteiger partial charge in [-0.3, -0.25) is 4.98 Å². The van der Waals surface area contributed by atoms with Crippen molar-refractivity contribution in [3.63, 3.8) is 0 Å². The average molecular weight is 649 g/mol. The van der Waals surface area contributed by atoms with E-state index in [0.717, 1.165) is 25.3 Å². The lowest BCUT2D eigenvalue weighted by Gasteiger charge is -2.72. The van der Waals surface area contributed by atoms with Gasteiger partial charge in [-0.15, -0.1) is 0 Å². The van der Waals surface area contributed by atoms with Crippen LogP contribution in [0.3, 0.4) is 0 Å². The summed E-state index contributed by atoms with van der Waals surface area (Å²) in [4.78, 5) is 15.8. The first kappa shape index (κ1) is 33.8. The van der Waals surface area contributed by atoms with Gasteiger partial charge in [0.05, 0.1) is 5.56 Å². The molecule has 258 valence electrons. The largest absolute Gasteiger partial charge is 0.478 e. The van der Waals surface area contributed by atoms with Gasteiger partial charge >= 0.3 is 5.97 Å². The van der Waals surface area contributed by atoms with E-state index in [1.165, 1.54) is 80.1 Å². The SMILES string of the molecule is C=C(C)[C@@H]1CC[C@]2(NCCCc3ccncc3)CC[C@]3(C)[C@H](CC[C@@H]4[C@@]5(C)CC=C(c6ccc(C(=O)O)cc6)C(C)(C)[C@@H]5CC[C@]43C)[C@@H]12. The molecule has 48 heavy (non-hydrogen) atoms. The first-order chi connectivity index (χ1) is 22.8. The molecule has 4 heteroatoms. The standard InChI is InChI=1S/C44H60N2O2/c1-29(2)33-16-23-44(46-26-8-9-30-19-27-45-28-20-30)25-24-42(6)35(38(33)44)14-15-37-41(5)21-17-34(31-10-12-32(13-11-31)39(47)48)40(3,4)36(41)18-22-43(37,42)7/h10-13,17,19-20,27-28,33,35-38,46H,1,8-9,14-16,18,21-26H2,2-7H3,(H,47,48)/t33-,35+,36-,37+,38+,41-,42+,43+,44-/m0/s1. The number of carboxylic acids is 1. The number of rotatable bonds is 8. The summed E-state index contributed by atoms with van der Waals surface area (Å²) in [5, 5.41) is 13.8. The van der Waals surface area contributed by atoms with E-state index in [1.54, 1.807) is 12.1 Å². The molecule has 1 heterocycles. The van der Waals surface area contributed by atoms with Gasteiger partial charge in [-0.2, -0.15) is 0 Å². The van der Waals surface area contributed by atoms with Crippen molar-refractivity contribution in [1.82, 2.24) is 10.3 Å². The summed E-state index contributed by atoms with van der Waals surface area (Å²) >= 11 is 0.